The summed E-state index contributed by atoms with van der Waals surface area (Å²) >= 11 is 0. The Morgan fingerprint density at radius 2 is 1.42 bits per heavy atom. The highest BCUT2D eigenvalue weighted by Gasteiger charge is 2.13. The number of benzene rings is 3. The Morgan fingerprint density at radius 1 is 0.774 bits per heavy atom. The minimum Gasteiger partial charge on any atom is -0.376 e. The van der Waals surface area contributed by atoms with Crippen molar-refractivity contribution < 1.29 is 14.4 Å². The van der Waals surface area contributed by atoms with Crippen molar-refractivity contribution in [1.29, 1.82) is 0 Å². The molecule has 0 atom stereocenters. The lowest BCUT2D eigenvalue weighted by atomic mass is 10.1. The molecule has 7 nitrogen and oxygen atoms in total. The molecular weight excluding hydrogens is 392 g/mol. The van der Waals surface area contributed by atoms with Crippen LogP contribution >= 0.6 is 0 Å². The molecule has 31 heavy (non-hydrogen) atoms. The van der Waals surface area contributed by atoms with E-state index in [2.05, 4.69) is 16.0 Å². The van der Waals surface area contributed by atoms with E-state index in [0.717, 1.165) is 5.69 Å². The smallest absolute Gasteiger partial charge is 0.258 e. The van der Waals surface area contributed by atoms with Crippen molar-refractivity contribution in [2.45, 2.75) is 6.92 Å². The molecule has 0 spiro atoms. The standard InChI is InChI=1S/C24H24N4O3/c1-17(29)26-19-11-13-20(14-12-19)27-23(30)16-25-21-8-6-7-18(15-21)24(31)28(2)22-9-4-3-5-10-22/h3-15,25H,16H2,1-2H3,(H,26,29)(H,27,30). The highest BCUT2D eigenvalue weighted by molar-refractivity contribution is 6.06. The predicted octanol–water partition coefficient (Wildman–Crippen LogP) is 3.97. The molecule has 0 aliphatic heterocycles. The summed E-state index contributed by atoms with van der Waals surface area (Å²) in [7, 11) is 1.72. The third kappa shape index (κ3) is 6.17. The number of para-hydroxylation sites is 1. The summed E-state index contributed by atoms with van der Waals surface area (Å²) in [5.74, 6) is -0.527. The van der Waals surface area contributed by atoms with E-state index >= 15 is 0 Å². The summed E-state index contributed by atoms with van der Waals surface area (Å²) < 4.78 is 0. The van der Waals surface area contributed by atoms with Crippen molar-refractivity contribution in [3.8, 4) is 0 Å². The van der Waals surface area contributed by atoms with Gasteiger partial charge in [-0.1, -0.05) is 24.3 Å². The van der Waals surface area contributed by atoms with Gasteiger partial charge in [0, 0.05) is 42.3 Å². The predicted molar refractivity (Wildman–Crippen MR) is 123 cm³/mol. The number of carbonyl (C=O) groups is 3. The molecule has 3 aromatic carbocycles. The number of hydrogen-bond donors (Lipinski definition) is 3. The fourth-order valence-electron chi connectivity index (χ4n) is 2.95. The Kier molecular flexibility index (Phi) is 7.01. The first-order valence-electron chi connectivity index (χ1n) is 9.77. The van der Waals surface area contributed by atoms with Crippen LogP contribution in [0.2, 0.25) is 0 Å². The van der Waals surface area contributed by atoms with Gasteiger partial charge < -0.3 is 20.9 Å². The zero-order chi connectivity index (χ0) is 22.2. The van der Waals surface area contributed by atoms with Crippen LogP contribution in [0.1, 0.15) is 17.3 Å². The van der Waals surface area contributed by atoms with Crippen LogP contribution in [0.15, 0.2) is 78.9 Å². The second kappa shape index (κ2) is 10.1. The van der Waals surface area contributed by atoms with Crippen molar-refractivity contribution in [2.75, 3.05) is 34.4 Å². The molecule has 3 N–H and O–H groups in total. The zero-order valence-electron chi connectivity index (χ0n) is 17.4. The molecule has 3 aromatic rings. The van der Waals surface area contributed by atoms with Gasteiger partial charge in [-0.15, -0.1) is 0 Å². The first-order valence-corrected chi connectivity index (χ1v) is 9.77. The molecule has 158 valence electrons. The fourth-order valence-corrected chi connectivity index (χ4v) is 2.95. The van der Waals surface area contributed by atoms with Crippen molar-refractivity contribution >= 4 is 40.5 Å². The number of anilines is 4. The number of hydrogen-bond acceptors (Lipinski definition) is 4. The summed E-state index contributed by atoms with van der Waals surface area (Å²) in [5.41, 5.74) is 3.27. The molecule has 0 aliphatic rings. The van der Waals surface area contributed by atoms with Gasteiger partial charge in [-0.3, -0.25) is 14.4 Å². The molecule has 0 unspecified atom stereocenters. The highest BCUT2D eigenvalue weighted by Crippen LogP contribution is 2.18. The molecule has 3 rings (SSSR count). The second-order valence-corrected chi connectivity index (χ2v) is 6.94. The lowest BCUT2D eigenvalue weighted by molar-refractivity contribution is -0.115. The van der Waals surface area contributed by atoms with E-state index in [0.29, 0.717) is 22.6 Å². The monoisotopic (exact) mass is 416 g/mol. The lowest BCUT2D eigenvalue weighted by Crippen LogP contribution is -2.26. The van der Waals surface area contributed by atoms with Gasteiger partial charge >= 0.3 is 0 Å². The molecule has 0 radical (unpaired) electrons. The van der Waals surface area contributed by atoms with Crippen LogP contribution in [0, 0.1) is 0 Å². The van der Waals surface area contributed by atoms with Gasteiger partial charge in [-0.05, 0) is 54.6 Å². The molecule has 7 heteroatoms. The Morgan fingerprint density at radius 3 is 2.06 bits per heavy atom. The Bertz CT molecular complexity index is 1070. The average molecular weight is 416 g/mol. The minimum absolute atomic E-state index is 0.0413. The third-order valence-corrected chi connectivity index (χ3v) is 4.50. The fraction of sp³-hybridized carbons (Fsp3) is 0.125. The molecule has 0 saturated carbocycles. The van der Waals surface area contributed by atoms with E-state index in [9.17, 15) is 14.4 Å². The summed E-state index contributed by atoms with van der Waals surface area (Å²) in [6.45, 7) is 1.48. The quantitative estimate of drug-likeness (QED) is 0.544. The maximum Gasteiger partial charge on any atom is 0.258 e. The molecule has 3 amide bonds. The summed E-state index contributed by atoms with van der Waals surface area (Å²) in [5, 5.41) is 8.49. The molecule has 0 bridgehead atoms. The Balaban J connectivity index is 1.56. The molecule has 0 saturated heterocycles. The highest BCUT2D eigenvalue weighted by atomic mass is 16.2. The van der Waals surface area contributed by atoms with E-state index < -0.39 is 0 Å². The normalized spacial score (nSPS) is 10.1. The summed E-state index contributed by atoms with van der Waals surface area (Å²) in [6, 6.07) is 23.3. The van der Waals surface area contributed by atoms with E-state index in [4.69, 9.17) is 0 Å². The van der Waals surface area contributed by atoms with Crippen molar-refractivity contribution in [1.82, 2.24) is 0 Å². The first kappa shape index (κ1) is 21.6. The van der Waals surface area contributed by atoms with Crippen LogP contribution < -0.4 is 20.9 Å². The number of amides is 3. The molecule has 0 aromatic heterocycles. The van der Waals surface area contributed by atoms with Gasteiger partial charge in [0.2, 0.25) is 11.8 Å². The van der Waals surface area contributed by atoms with Gasteiger partial charge in [0.25, 0.3) is 5.91 Å². The van der Waals surface area contributed by atoms with E-state index in [1.807, 2.05) is 30.3 Å². The lowest BCUT2D eigenvalue weighted by Gasteiger charge is -2.18. The van der Waals surface area contributed by atoms with Crippen molar-refractivity contribution in [3.05, 3.63) is 84.4 Å². The van der Waals surface area contributed by atoms with E-state index in [1.54, 1.807) is 60.5 Å². The van der Waals surface area contributed by atoms with Gasteiger partial charge in [0.05, 0.1) is 6.54 Å². The van der Waals surface area contributed by atoms with Crippen molar-refractivity contribution in [2.24, 2.45) is 0 Å². The van der Waals surface area contributed by atoms with Crippen LogP contribution in [0.25, 0.3) is 0 Å². The van der Waals surface area contributed by atoms with Gasteiger partial charge in [-0.2, -0.15) is 0 Å². The van der Waals surface area contributed by atoms with Crippen LogP contribution in [0.5, 0.6) is 0 Å². The molecule has 0 heterocycles. The van der Waals surface area contributed by atoms with Gasteiger partial charge in [0.15, 0.2) is 0 Å². The third-order valence-electron chi connectivity index (χ3n) is 4.50. The number of nitrogens with one attached hydrogen (secondary N) is 3. The van der Waals surface area contributed by atoms with Crippen LogP contribution in [-0.2, 0) is 9.59 Å². The van der Waals surface area contributed by atoms with E-state index in [-0.39, 0.29) is 24.3 Å². The van der Waals surface area contributed by atoms with Gasteiger partial charge in [0.1, 0.15) is 0 Å². The number of rotatable bonds is 7. The SMILES string of the molecule is CC(=O)Nc1ccc(NC(=O)CNc2cccc(C(=O)N(C)c3ccccc3)c2)cc1. The topological polar surface area (TPSA) is 90.5 Å². The van der Waals surface area contributed by atoms with Crippen LogP contribution in [0.4, 0.5) is 22.7 Å². The zero-order valence-corrected chi connectivity index (χ0v) is 17.4. The summed E-state index contributed by atoms with van der Waals surface area (Å²) in [4.78, 5) is 37.6. The largest absolute Gasteiger partial charge is 0.376 e. The average Bonchev–Trinajstić information content (AvgIpc) is 2.78. The van der Waals surface area contributed by atoms with E-state index in [1.165, 1.54) is 6.92 Å². The van der Waals surface area contributed by atoms with Gasteiger partial charge in [-0.25, -0.2) is 0 Å². The first-order chi connectivity index (χ1) is 14.9. The molecule has 0 aliphatic carbocycles. The second-order valence-electron chi connectivity index (χ2n) is 6.94. The maximum atomic E-state index is 12.8. The molecular formula is C24H24N4O3. The minimum atomic E-state index is -0.231. The Hall–Kier alpha value is -4.13. The number of nitrogens with zero attached hydrogens (tertiary/aromatic N) is 1. The van der Waals surface area contributed by atoms with Crippen molar-refractivity contribution in [3.63, 3.8) is 0 Å². The van der Waals surface area contributed by atoms with Crippen LogP contribution in [-0.4, -0.2) is 31.3 Å². The van der Waals surface area contributed by atoms with Crippen LogP contribution in [0.3, 0.4) is 0 Å². The number of carbonyl (C=O) groups excluding carboxylic acids is 3. The molecule has 0 fully saturated rings. The summed E-state index contributed by atoms with van der Waals surface area (Å²) in [6.07, 6.45) is 0. The Labute approximate surface area is 181 Å². The maximum absolute atomic E-state index is 12.8.